The van der Waals surface area contributed by atoms with E-state index < -0.39 is 0 Å². The van der Waals surface area contributed by atoms with Gasteiger partial charge in [0, 0.05) is 48.0 Å². The van der Waals surface area contributed by atoms with Gasteiger partial charge in [0.25, 0.3) is 0 Å². The summed E-state index contributed by atoms with van der Waals surface area (Å²) in [4.78, 5) is 17.6. The lowest BCUT2D eigenvalue weighted by Crippen LogP contribution is -2.30. The van der Waals surface area contributed by atoms with E-state index in [9.17, 15) is 0 Å². The average Bonchev–Trinajstić information content (AvgIpc) is 3.65. The van der Waals surface area contributed by atoms with Gasteiger partial charge in [0.1, 0.15) is 0 Å². The molecule has 0 fully saturated rings. The number of benzene rings is 9. The molecule has 1 aliphatic heterocycles. The van der Waals surface area contributed by atoms with E-state index >= 15 is 0 Å². The second-order valence-electron chi connectivity index (χ2n) is 16.0. The van der Waals surface area contributed by atoms with E-state index in [-0.39, 0.29) is 5.41 Å². The first-order chi connectivity index (χ1) is 29.0. The molecule has 0 atom stereocenters. The highest BCUT2D eigenvalue weighted by atomic mass is 32.1. The smallest absolute Gasteiger partial charge is 0.164 e. The minimum atomic E-state index is -0.244. The minimum absolute atomic E-state index is 0.244. The van der Waals surface area contributed by atoms with Crippen molar-refractivity contribution in [2.45, 2.75) is 19.3 Å². The molecule has 0 N–H and O–H groups in total. The molecule has 0 amide bonds. The van der Waals surface area contributed by atoms with Crippen LogP contribution in [0.5, 0.6) is 0 Å². The average molecular weight is 773 g/mol. The third-order valence-corrected chi connectivity index (χ3v) is 13.4. The van der Waals surface area contributed by atoms with Crippen LogP contribution >= 0.6 is 11.3 Å². The fourth-order valence-corrected chi connectivity index (χ4v) is 10.5. The molecule has 0 saturated heterocycles. The van der Waals surface area contributed by atoms with Crippen molar-refractivity contribution in [3.63, 3.8) is 0 Å². The molecule has 0 bridgehead atoms. The molecular formula is C54H36N4S. The first-order valence-corrected chi connectivity index (χ1v) is 20.9. The molecule has 5 heteroatoms. The Morgan fingerprint density at radius 1 is 0.373 bits per heavy atom. The first-order valence-electron chi connectivity index (χ1n) is 20.1. The Balaban J connectivity index is 1.07. The number of hydrogen-bond donors (Lipinski definition) is 0. The number of aromatic nitrogens is 3. The Morgan fingerprint density at radius 3 is 1.51 bits per heavy atom. The summed E-state index contributed by atoms with van der Waals surface area (Å²) in [5.74, 6) is 1.93. The molecule has 2 aromatic heterocycles. The summed E-state index contributed by atoms with van der Waals surface area (Å²) in [5, 5.41) is 10.4. The molecule has 4 nitrogen and oxygen atoms in total. The Hall–Kier alpha value is -7.21. The molecule has 0 aliphatic carbocycles. The Kier molecular flexibility index (Phi) is 7.41. The second-order valence-corrected chi connectivity index (χ2v) is 17.1. The summed E-state index contributed by atoms with van der Waals surface area (Å²) < 4.78 is 2.58. The van der Waals surface area contributed by atoms with Crippen LogP contribution in [0, 0.1) is 0 Å². The predicted octanol–water partition coefficient (Wildman–Crippen LogP) is 14.8. The molecule has 0 radical (unpaired) electrons. The SMILES string of the molecule is CC1(C)c2ccccc2N(c2cccc(-c3nc(-c4ccccc4)nc(-c4ccccc4)n3)c2)c2cc3sc4cc5c6ccccc6c6ccccc6c5cc4c3cc21. The van der Waals surface area contributed by atoms with Gasteiger partial charge in [0.15, 0.2) is 17.5 Å². The van der Waals surface area contributed by atoms with Crippen molar-refractivity contribution in [2.24, 2.45) is 0 Å². The van der Waals surface area contributed by atoms with Crippen LogP contribution < -0.4 is 4.90 Å². The van der Waals surface area contributed by atoms with Crippen LogP contribution in [0.1, 0.15) is 25.0 Å². The molecule has 3 heterocycles. The third-order valence-electron chi connectivity index (χ3n) is 12.2. The van der Waals surface area contributed by atoms with Gasteiger partial charge in [0.2, 0.25) is 0 Å². The maximum atomic E-state index is 5.08. The summed E-state index contributed by atoms with van der Waals surface area (Å²) in [6.07, 6.45) is 0. The maximum absolute atomic E-state index is 5.08. The molecule has 11 aromatic rings. The quantitative estimate of drug-likeness (QED) is 0.167. The van der Waals surface area contributed by atoms with Gasteiger partial charge in [-0.25, -0.2) is 15.0 Å². The van der Waals surface area contributed by atoms with Crippen molar-refractivity contribution in [1.29, 1.82) is 0 Å². The Bertz CT molecular complexity index is 3420. The van der Waals surface area contributed by atoms with Crippen LogP contribution in [0.25, 0.3) is 86.7 Å². The van der Waals surface area contributed by atoms with E-state index in [1.165, 1.54) is 75.0 Å². The van der Waals surface area contributed by atoms with Crippen molar-refractivity contribution in [1.82, 2.24) is 15.0 Å². The number of nitrogens with zero attached hydrogens (tertiary/aromatic N) is 4. The molecule has 9 aromatic carbocycles. The summed E-state index contributed by atoms with van der Waals surface area (Å²) in [6.45, 7) is 4.74. The summed E-state index contributed by atoms with van der Waals surface area (Å²) >= 11 is 1.89. The molecule has 0 saturated carbocycles. The third kappa shape index (κ3) is 5.25. The summed E-state index contributed by atoms with van der Waals surface area (Å²) in [6, 6.07) is 65.4. The zero-order chi connectivity index (χ0) is 39.2. The lowest BCUT2D eigenvalue weighted by atomic mass is 9.73. The zero-order valence-electron chi connectivity index (χ0n) is 32.5. The number of rotatable bonds is 4. The highest BCUT2D eigenvalue weighted by Crippen LogP contribution is 2.54. The van der Waals surface area contributed by atoms with Gasteiger partial charge in [-0.1, -0.05) is 153 Å². The normalized spacial score (nSPS) is 13.4. The standard InChI is InChI=1S/C54H36N4S/c1-54(2)45-26-13-14-27-47(45)58(36-21-15-20-35(28-36)53-56-51(33-16-5-3-6-17-33)55-52(57-53)34-18-7-4-8-19-34)48-32-50-44(30-46(48)54)43-29-41-39-24-11-9-22-37(39)38-23-10-12-25-40(38)42(41)31-49(43)59-50/h3-32H,1-2H3. The largest absolute Gasteiger partial charge is 0.310 e. The minimum Gasteiger partial charge on any atom is -0.310 e. The lowest BCUT2D eigenvalue weighted by Gasteiger charge is -2.42. The number of hydrogen-bond acceptors (Lipinski definition) is 5. The van der Waals surface area contributed by atoms with Crippen LogP contribution in [0.3, 0.4) is 0 Å². The van der Waals surface area contributed by atoms with Crippen LogP contribution in [0.2, 0.25) is 0 Å². The van der Waals surface area contributed by atoms with Crippen molar-refractivity contribution in [3.8, 4) is 34.2 Å². The van der Waals surface area contributed by atoms with E-state index in [0.717, 1.165) is 22.4 Å². The second kappa shape index (κ2) is 12.9. The predicted molar refractivity (Wildman–Crippen MR) is 248 cm³/mol. The molecule has 0 unspecified atom stereocenters. The van der Waals surface area contributed by atoms with E-state index in [1.54, 1.807) is 0 Å². The van der Waals surface area contributed by atoms with E-state index in [1.807, 2.05) is 47.7 Å². The van der Waals surface area contributed by atoms with Gasteiger partial charge >= 0.3 is 0 Å². The number of thiophene rings is 1. The number of para-hydroxylation sites is 1. The van der Waals surface area contributed by atoms with E-state index in [2.05, 4.69) is 164 Å². The van der Waals surface area contributed by atoms with Crippen molar-refractivity contribution >= 4 is 80.9 Å². The Morgan fingerprint density at radius 2 is 0.864 bits per heavy atom. The highest BCUT2D eigenvalue weighted by molar-refractivity contribution is 7.26. The molecule has 59 heavy (non-hydrogen) atoms. The van der Waals surface area contributed by atoms with Crippen LogP contribution in [-0.4, -0.2) is 15.0 Å². The van der Waals surface area contributed by atoms with E-state index in [0.29, 0.717) is 17.5 Å². The van der Waals surface area contributed by atoms with Crippen LogP contribution in [-0.2, 0) is 5.41 Å². The monoisotopic (exact) mass is 772 g/mol. The van der Waals surface area contributed by atoms with E-state index in [4.69, 9.17) is 15.0 Å². The van der Waals surface area contributed by atoms with Crippen molar-refractivity contribution in [3.05, 3.63) is 193 Å². The lowest BCUT2D eigenvalue weighted by molar-refractivity contribution is 0.633. The topological polar surface area (TPSA) is 41.9 Å². The fraction of sp³-hybridized carbons (Fsp3) is 0.0556. The van der Waals surface area contributed by atoms with Crippen molar-refractivity contribution < 1.29 is 0 Å². The van der Waals surface area contributed by atoms with Gasteiger partial charge in [-0.2, -0.15) is 0 Å². The molecule has 0 spiro atoms. The van der Waals surface area contributed by atoms with Crippen molar-refractivity contribution in [2.75, 3.05) is 4.90 Å². The number of anilines is 3. The molecule has 12 rings (SSSR count). The highest BCUT2D eigenvalue weighted by Gasteiger charge is 2.37. The zero-order valence-corrected chi connectivity index (χ0v) is 33.3. The first kappa shape index (κ1) is 33.9. The van der Waals surface area contributed by atoms with Gasteiger partial charge < -0.3 is 4.90 Å². The number of fused-ring (bicyclic) bond motifs is 11. The van der Waals surface area contributed by atoms with Gasteiger partial charge in [-0.05, 0) is 85.9 Å². The van der Waals surface area contributed by atoms with Gasteiger partial charge in [0.05, 0.1) is 11.4 Å². The van der Waals surface area contributed by atoms with Crippen LogP contribution in [0.15, 0.2) is 182 Å². The molecular weight excluding hydrogens is 737 g/mol. The Labute approximate surface area is 345 Å². The summed E-state index contributed by atoms with van der Waals surface area (Å²) in [7, 11) is 0. The maximum Gasteiger partial charge on any atom is 0.164 e. The summed E-state index contributed by atoms with van der Waals surface area (Å²) in [5.41, 5.74) is 8.60. The van der Waals surface area contributed by atoms with Gasteiger partial charge in [-0.3, -0.25) is 0 Å². The fourth-order valence-electron chi connectivity index (χ4n) is 9.37. The molecule has 1 aliphatic rings. The van der Waals surface area contributed by atoms with Gasteiger partial charge in [-0.15, -0.1) is 11.3 Å². The molecule has 278 valence electrons. The van der Waals surface area contributed by atoms with Crippen LogP contribution in [0.4, 0.5) is 17.1 Å².